The molecular formula is C41H57F6N7O15. The number of rotatable bonds is 26. The van der Waals surface area contributed by atoms with Crippen molar-refractivity contribution in [3.05, 3.63) is 65.2 Å². The lowest BCUT2D eigenvalue weighted by Gasteiger charge is -2.27. The summed E-state index contributed by atoms with van der Waals surface area (Å²) in [7, 11) is 0. The number of carboxylic acid groups (broad SMARTS) is 4. The number of halogens is 6. The van der Waals surface area contributed by atoms with Crippen LogP contribution in [0.4, 0.5) is 41.6 Å². The number of benzene rings is 2. The number of amides is 5. The van der Waals surface area contributed by atoms with Gasteiger partial charge in [-0.2, -0.15) is 26.3 Å². The van der Waals surface area contributed by atoms with Crippen molar-refractivity contribution in [3.63, 3.8) is 0 Å². The van der Waals surface area contributed by atoms with Crippen LogP contribution >= 0.6 is 0 Å². The Labute approximate surface area is 390 Å². The molecule has 0 aliphatic rings. The minimum Gasteiger partial charge on any atom is -0.480 e. The number of anilines is 1. The minimum absolute atomic E-state index is 0.0974. The van der Waals surface area contributed by atoms with E-state index in [0.29, 0.717) is 25.7 Å². The van der Waals surface area contributed by atoms with Gasteiger partial charge >= 0.3 is 48.4 Å². The molecule has 5 amide bonds. The normalized spacial score (nSPS) is 12.7. The van der Waals surface area contributed by atoms with E-state index in [1.807, 2.05) is 30.3 Å². The van der Waals surface area contributed by atoms with E-state index >= 15 is 0 Å². The molecule has 0 fully saturated rings. The number of ether oxygens (including phenoxy) is 3. The fraction of sp³-hybridized carbons (Fsp3) is 0.512. The lowest BCUT2D eigenvalue weighted by Crippen LogP contribution is -2.50. The van der Waals surface area contributed by atoms with Crippen molar-refractivity contribution in [1.82, 2.24) is 21.3 Å². The summed E-state index contributed by atoms with van der Waals surface area (Å²) in [5.74, 6) is -9.13. The highest BCUT2D eigenvalue weighted by atomic mass is 19.4. The summed E-state index contributed by atoms with van der Waals surface area (Å²) >= 11 is 0. The largest absolute Gasteiger partial charge is 0.490 e. The van der Waals surface area contributed by atoms with Crippen molar-refractivity contribution >= 4 is 53.5 Å². The molecule has 0 aromatic heterocycles. The number of carboxylic acids is 4. The maximum absolute atomic E-state index is 13.1. The number of hydrogen-bond acceptors (Lipinski definition) is 13. The predicted octanol–water partition coefficient (Wildman–Crippen LogP) is 3.29. The summed E-state index contributed by atoms with van der Waals surface area (Å²) in [6.45, 7) is 5.09. The minimum atomic E-state index is -5.08. The van der Waals surface area contributed by atoms with Crippen molar-refractivity contribution in [2.45, 2.75) is 76.5 Å². The Morgan fingerprint density at radius 2 is 1.12 bits per heavy atom. The fourth-order valence-electron chi connectivity index (χ4n) is 4.83. The average Bonchev–Trinajstić information content (AvgIpc) is 3.27. The molecule has 2 aromatic carbocycles. The summed E-state index contributed by atoms with van der Waals surface area (Å²) in [6, 6.07) is 11.9. The maximum Gasteiger partial charge on any atom is 0.490 e. The predicted molar refractivity (Wildman–Crippen MR) is 230 cm³/mol. The van der Waals surface area contributed by atoms with Crippen LogP contribution in [0.2, 0.25) is 0 Å². The van der Waals surface area contributed by atoms with Crippen LogP contribution in [-0.2, 0) is 40.0 Å². The van der Waals surface area contributed by atoms with Crippen LogP contribution in [0.3, 0.4) is 0 Å². The van der Waals surface area contributed by atoms with Gasteiger partial charge in [-0.15, -0.1) is 0 Å². The van der Waals surface area contributed by atoms with E-state index in [2.05, 4.69) is 26.6 Å². The van der Waals surface area contributed by atoms with Crippen LogP contribution in [0.5, 0.6) is 0 Å². The Morgan fingerprint density at radius 1 is 0.638 bits per heavy atom. The summed E-state index contributed by atoms with van der Waals surface area (Å²) < 4.78 is 79.5. The summed E-state index contributed by atoms with van der Waals surface area (Å²) in [6.07, 6.45) is -8.64. The van der Waals surface area contributed by atoms with E-state index in [1.54, 1.807) is 6.92 Å². The molecule has 0 saturated heterocycles. The second-order valence-electron chi connectivity index (χ2n) is 14.6. The molecule has 2 aromatic rings. The maximum atomic E-state index is 13.1. The van der Waals surface area contributed by atoms with Crippen LogP contribution in [-0.4, -0.2) is 145 Å². The van der Waals surface area contributed by atoms with Gasteiger partial charge < -0.3 is 72.7 Å². The van der Waals surface area contributed by atoms with Gasteiger partial charge in [0, 0.05) is 43.0 Å². The van der Waals surface area contributed by atoms with Crippen LogP contribution in [0.15, 0.2) is 48.5 Å². The third kappa shape index (κ3) is 28.9. The van der Waals surface area contributed by atoms with Gasteiger partial charge in [0.2, 0.25) is 0 Å². The molecular weight excluding hydrogens is 944 g/mol. The smallest absolute Gasteiger partial charge is 0.480 e. The molecule has 0 aliphatic heterocycles. The number of alkyl halides is 6. The zero-order valence-corrected chi connectivity index (χ0v) is 37.4. The number of nitrogens with one attached hydrogen (secondary N) is 5. The molecule has 388 valence electrons. The number of aliphatic carboxylic acids is 4. The van der Waals surface area contributed by atoms with Crippen molar-refractivity contribution in [2.75, 3.05) is 57.9 Å². The molecule has 2 rings (SSSR count). The fourth-order valence-corrected chi connectivity index (χ4v) is 4.83. The highest BCUT2D eigenvalue weighted by Gasteiger charge is 2.39. The summed E-state index contributed by atoms with van der Waals surface area (Å²) in [4.78, 5) is 90.6. The number of hydrogen-bond donors (Lipinski definition) is 11. The molecule has 0 radical (unpaired) electrons. The topological polar surface area (TPSA) is 357 Å². The standard InChI is InChI=1S/C37H55N7O11.2C2HF3O2/c1-25(37(2,39)34(49)50)9-8-14-41-32(46)28-21-27(31(45)40-13-7-6-12-30(38)33(47)48)22-29(23-28)44-35(51)42-15-17-53-19-20-54-18-16-43-36(52)55-24-26-10-4-3-5-11-26;2*3-2(4,5)1(6)7/h3-5,10-11,21-23,25,30H,6-9,12-20,24,38-39H2,1-2H3,(H,40,45)(H,41,46)(H,43,52)(H,47,48)(H,49,50)(H2,42,44,51);2*(H,6,7)/t25?,30-,37-;;/m0../s1. The van der Waals surface area contributed by atoms with Crippen molar-refractivity contribution in [3.8, 4) is 0 Å². The summed E-state index contributed by atoms with van der Waals surface area (Å²) in [5.41, 5.74) is 11.2. The van der Waals surface area contributed by atoms with E-state index < -0.39 is 71.7 Å². The zero-order valence-electron chi connectivity index (χ0n) is 37.4. The van der Waals surface area contributed by atoms with E-state index in [0.717, 1.165) is 5.56 Å². The first-order valence-corrected chi connectivity index (χ1v) is 20.6. The second kappa shape index (κ2) is 32.1. The number of alkyl carbamates (subject to hydrolysis) is 1. The quantitative estimate of drug-likeness (QED) is 0.0476. The van der Waals surface area contributed by atoms with Crippen LogP contribution in [0.1, 0.15) is 72.2 Å². The lowest BCUT2D eigenvalue weighted by atomic mass is 9.85. The van der Waals surface area contributed by atoms with Crippen LogP contribution < -0.4 is 38.1 Å². The molecule has 28 heteroatoms. The van der Waals surface area contributed by atoms with Crippen molar-refractivity contribution in [2.24, 2.45) is 17.4 Å². The van der Waals surface area contributed by atoms with E-state index in [9.17, 15) is 60.2 Å². The third-order valence-electron chi connectivity index (χ3n) is 8.96. The molecule has 1 unspecified atom stereocenters. The second-order valence-corrected chi connectivity index (χ2v) is 14.6. The molecule has 3 atom stereocenters. The number of urea groups is 1. The average molecular weight is 1000 g/mol. The van der Waals surface area contributed by atoms with Crippen molar-refractivity contribution < 1.29 is 99.3 Å². The molecule has 0 aliphatic carbocycles. The number of carbonyl (C=O) groups is 8. The molecule has 22 nitrogen and oxygen atoms in total. The Hall–Kier alpha value is -6.78. The lowest BCUT2D eigenvalue weighted by molar-refractivity contribution is -0.193. The first kappa shape index (κ1) is 62.2. The molecule has 69 heavy (non-hydrogen) atoms. The zero-order chi connectivity index (χ0) is 52.8. The SMILES string of the molecule is CC(CCCNC(=O)c1cc(NC(=O)NCCOCCOCCNC(=O)OCc2ccccc2)cc(C(=O)NCCCC[C@H](N)C(=O)O)c1)[C@](C)(N)C(=O)O.O=C(O)C(F)(F)F.O=C(O)C(F)(F)F. The van der Waals surface area contributed by atoms with Gasteiger partial charge in [-0.05, 0) is 68.7 Å². The number of unbranched alkanes of at least 4 members (excludes halogenated alkanes) is 1. The van der Waals surface area contributed by atoms with Crippen molar-refractivity contribution in [1.29, 1.82) is 0 Å². The number of carbonyl (C=O) groups excluding carboxylic acids is 4. The molecule has 13 N–H and O–H groups in total. The van der Waals surface area contributed by atoms with E-state index in [-0.39, 0.29) is 88.4 Å². The molecule has 0 heterocycles. The molecule has 0 bridgehead atoms. The molecule has 0 spiro atoms. The monoisotopic (exact) mass is 1000 g/mol. The first-order chi connectivity index (χ1) is 32.1. The van der Waals surface area contributed by atoms with Gasteiger partial charge in [0.15, 0.2) is 0 Å². The van der Waals surface area contributed by atoms with E-state index in [4.69, 9.17) is 50.6 Å². The highest BCUT2D eigenvalue weighted by molar-refractivity contribution is 6.02. The van der Waals surface area contributed by atoms with Crippen LogP contribution in [0, 0.1) is 5.92 Å². The Balaban J connectivity index is 0.00000285. The van der Waals surface area contributed by atoms with Gasteiger partial charge in [0.05, 0.1) is 26.4 Å². The Morgan fingerprint density at radius 3 is 1.58 bits per heavy atom. The highest BCUT2D eigenvalue weighted by Crippen LogP contribution is 2.20. The van der Waals surface area contributed by atoms with E-state index in [1.165, 1.54) is 25.1 Å². The van der Waals surface area contributed by atoms with Gasteiger partial charge in [-0.25, -0.2) is 19.2 Å². The Kier molecular flexibility index (Phi) is 28.9. The van der Waals surface area contributed by atoms with Gasteiger partial charge in [-0.3, -0.25) is 19.2 Å². The number of nitrogens with two attached hydrogens (primary N) is 2. The molecule has 0 saturated carbocycles. The Bertz CT molecular complexity index is 1940. The van der Waals surface area contributed by atoms with Gasteiger partial charge in [0.1, 0.15) is 18.2 Å². The van der Waals surface area contributed by atoms with Gasteiger partial charge in [0.25, 0.3) is 11.8 Å². The summed E-state index contributed by atoms with van der Waals surface area (Å²) in [5, 5.41) is 45.8. The van der Waals surface area contributed by atoms with Gasteiger partial charge in [-0.1, -0.05) is 37.3 Å². The first-order valence-electron chi connectivity index (χ1n) is 20.6. The van der Waals surface area contributed by atoms with Crippen LogP contribution in [0.25, 0.3) is 0 Å². The third-order valence-corrected chi connectivity index (χ3v) is 8.96.